The van der Waals surface area contributed by atoms with Crippen LogP contribution in [-0.2, 0) is 31.2 Å². The molecule has 0 spiro atoms. The standard InChI is InChI=1S/C15H15F2N3O4/c1-10(21)22-5-14-23-7-15(24-14,6-20-9-18-8-19-20)12-3-2-11(16)4-13(12)17/h2-4,8-9,14H,5-7H2,1H3/t14-,15+/m1/s1. The van der Waals surface area contributed by atoms with Gasteiger partial charge in [-0.2, -0.15) is 5.10 Å². The second kappa shape index (κ2) is 6.62. The van der Waals surface area contributed by atoms with Gasteiger partial charge in [0.2, 0.25) is 0 Å². The molecule has 2 heterocycles. The third-order valence-corrected chi connectivity index (χ3v) is 3.59. The molecule has 1 aromatic carbocycles. The Labute approximate surface area is 136 Å². The lowest BCUT2D eigenvalue weighted by atomic mass is 9.94. The summed E-state index contributed by atoms with van der Waals surface area (Å²) in [6.07, 6.45) is 1.93. The van der Waals surface area contributed by atoms with Crippen molar-refractivity contribution in [2.24, 2.45) is 0 Å². The summed E-state index contributed by atoms with van der Waals surface area (Å²) in [5.74, 6) is -1.93. The number of carbonyl (C=O) groups is 1. The molecule has 0 saturated carbocycles. The molecule has 0 amide bonds. The molecule has 7 nitrogen and oxygen atoms in total. The van der Waals surface area contributed by atoms with Gasteiger partial charge in [0.15, 0.2) is 6.29 Å². The molecule has 1 fully saturated rings. The fourth-order valence-electron chi connectivity index (χ4n) is 2.56. The van der Waals surface area contributed by atoms with Crippen molar-refractivity contribution in [2.45, 2.75) is 25.4 Å². The molecule has 0 radical (unpaired) electrons. The summed E-state index contributed by atoms with van der Waals surface area (Å²) in [5.41, 5.74) is -1.11. The van der Waals surface area contributed by atoms with Gasteiger partial charge >= 0.3 is 5.97 Å². The van der Waals surface area contributed by atoms with Crippen LogP contribution in [0.2, 0.25) is 0 Å². The number of esters is 1. The summed E-state index contributed by atoms with van der Waals surface area (Å²) in [6, 6.07) is 3.23. The molecule has 0 bridgehead atoms. The Kier molecular flexibility index (Phi) is 4.54. The van der Waals surface area contributed by atoms with Gasteiger partial charge in [0.1, 0.15) is 36.5 Å². The molecule has 3 rings (SSSR count). The van der Waals surface area contributed by atoms with Crippen molar-refractivity contribution in [3.63, 3.8) is 0 Å². The van der Waals surface area contributed by atoms with E-state index in [1.807, 2.05) is 0 Å². The second-order valence-electron chi connectivity index (χ2n) is 5.37. The number of nitrogens with zero attached hydrogens (tertiary/aromatic N) is 3. The van der Waals surface area contributed by atoms with Gasteiger partial charge in [0.05, 0.1) is 13.2 Å². The molecule has 24 heavy (non-hydrogen) atoms. The number of carbonyl (C=O) groups excluding carboxylic acids is 1. The van der Waals surface area contributed by atoms with Gasteiger partial charge in [-0.05, 0) is 6.07 Å². The third-order valence-electron chi connectivity index (χ3n) is 3.59. The fourth-order valence-corrected chi connectivity index (χ4v) is 2.56. The topological polar surface area (TPSA) is 75.5 Å². The van der Waals surface area contributed by atoms with Gasteiger partial charge in [-0.1, -0.05) is 6.07 Å². The predicted molar refractivity (Wildman–Crippen MR) is 75.5 cm³/mol. The molecule has 2 aromatic rings. The van der Waals surface area contributed by atoms with Crippen LogP contribution in [0.5, 0.6) is 0 Å². The van der Waals surface area contributed by atoms with Crippen LogP contribution in [0, 0.1) is 11.6 Å². The molecule has 1 aliphatic rings. The molecular weight excluding hydrogens is 324 g/mol. The number of aromatic nitrogens is 3. The van der Waals surface area contributed by atoms with Gasteiger partial charge < -0.3 is 14.2 Å². The molecule has 1 aromatic heterocycles. The van der Waals surface area contributed by atoms with Crippen molar-refractivity contribution in [3.8, 4) is 0 Å². The Balaban J connectivity index is 1.89. The molecule has 9 heteroatoms. The van der Waals surface area contributed by atoms with E-state index >= 15 is 0 Å². The summed E-state index contributed by atoms with van der Waals surface area (Å²) in [5, 5.41) is 3.98. The molecule has 128 valence electrons. The van der Waals surface area contributed by atoms with E-state index in [1.165, 1.54) is 30.3 Å². The smallest absolute Gasteiger partial charge is 0.302 e. The van der Waals surface area contributed by atoms with Gasteiger partial charge in [-0.3, -0.25) is 4.79 Å². The summed E-state index contributed by atoms with van der Waals surface area (Å²) in [7, 11) is 0. The molecule has 0 aliphatic carbocycles. The zero-order valence-electron chi connectivity index (χ0n) is 12.8. The Morgan fingerprint density at radius 2 is 2.33 bits per heavy atom. The van der Waals surface area contributed by atoms with Crippen molar-refractivity contribution in [2.75, 3.05) is 13.2 Å². The first-order valence-corrected chi connectivity index (χ1v) is 7.19. The number of rotatable bonds is 5. The third kappa shape index (κ3) is 3.41. The van der Waals surface area contributed by atoms with Crippen LogP contribution >= 0.6 is 0 Å². The Bertz CT molecular complexity index is 726. The first-order valence-electron chi connectivity index (χ1n) is 7.19. The maximum atomic E-state index is 14.3. The summed E-state index contributed by atoms with van der Waals surface area (Å²) < 4.78 is 45.2. The quantitative estimate of drug-likeness (QED) is 0.766. The Hall–Kier alpha value is -2.39. The van der Waals surface area contributed by atoms with E-state index in [2.05, 4.69) is 10.1 Å². The monoisotopic (exact) mass is 339 g/mol. The van der Waals surface area contributed by atoms with Crippen LogP contribution in [0.3, 0.4) is 0 Å². The number of hydrogen-bond donors (Lipinski definition) is 0. The van der Waals surface area contributed by atoms with Gasteiger partial charge in [0, 0.05) is 18.6 Å². The van der Waals surface area contributed by atoms with Crippen molar-refractivity contribution >= 4 is 5.97 Å². The Morgan fingerprint density at radius 1 is 1.50 bits per heavy atom. The van der Waals surface area contributed by atoms with Gasteiger partial charge in [-0.15, -0.1) is 0 Å². The average molecular weight is 339 g/mol. The molecule has 0 unspecified atom stereocenters. The largest absolute Gasteiger partial charge is 0.460 e. The van der Waals surface area contributed by atoms with E-state index < -0.39 is 29.5 Å². The molecule has 1 aliphatic heterocycles. The molecule has 0 N–H and O–H groups in total. The lowest BCUT2D eigenvalue weighted by molar-refractivity contribution is -0.161. The zero-order chi connectivity index (χ0) is 17.2. The second-order valence-corrected chi connectivity index (χ2v) is 5.37. The van der Waals surface area contributed by atoms with E-state index in [9.17, 15) is 13.6 Å². The SMILES string of the molecule is CC(=O)OC[C@@H]1OC[C@@](Cn2cncn2)(c2ccc(F)cc2F)O1. The van der Waals surface area contributed by atoms with Crippen LogP contribution in [0.1, 0.15) is 12.5 Å². The van der Waals surface area contributed by atoms with Crippen LogP contribution in [0.15, 0.2) is 30.9 Å². The lowest BCUT2D eigenvalue weighted by Gasteiger charge is -2.28. The minimum atomic E-state index is -1.24. The highest BCUT2D eigenvalue weighted by atomic mass is 19.1. The van der Waals surface area contributed by atoms with E-state index in [0.29, 0.717) is 0 Å². The van der Waals surface area contributed by atoms with Crippen LogP contribution in [0.4, 0.5) is 8.78 Å². The zero-order valence-corrected chi connectivity index (χ0v) is 12.8. The maximum Gasteiger partial charge on any atom is 0.302 e. The summed E-state index contributed by atoms with van der Waals surface area (Å²) in [6.45, 7) is 1.22. The van der Waals surface area contributed by atoms with Crippen LogP contribution < -0.4 is 0 Å². The number of hydrogen-bond acceptors (Lipinski definition) is 6. The number of benzene rings is 1. The number of ether oxygens (including phenoxy) is 3. The normalized spacial score (nSPS) is 23.4. The van der Waals surface area contributed by atoms with E-state index in [0.717, 1.165) is 12.1 Å². The van der Waals surface area contributed by atoms with Crippen molar-refractivity contribution in [3.05, 3.63) is 48.1 Å². The van der Waals surface area contributed by atoms with Crippen LogP contribution in [0.25, 0.3) is 0 Å². The highest BCUT2D eigenvalue weighted by Crippen LogP contribution is 2.37. The molecule has 1 saturated heterocycles. The van der Waals surface area contributed by atoms with E-state index in [-0.39, 0.29) is 25.3 Å². The van der Waals surface area contributed by atoms with Gasteiger partial charge in [0.25, 0.3) is 0 Å². The van der Waals surface area contributed by atoms with Crippen molar-refractivity contribution < 1.29 is 27.8 Å². The van der Waals surface area contributed by atoms with Crippen LogP contribution in [-0.4, -0.2) is 40.2 Å². The summed E-state index contributed by atoms with van der Waals surface area (Å²) in [4.78, 5) is 14.8. The summed E-state index contributed by atoms with van der Waals surface area (Å²) >= 11 is 0. The highest BCUT2D eigenvalue weighted by molar-refractivity contribution is 5.65. The minimum absolute atomic E-state index is 0.0126. The first-order chi connectivity index (χ1) is 11.5. The average Bonchev–Trinajstić information content (AvgIpc) is 3.16. The predicted octanol–water partition coefficient (Wildman–Crippen LogP) is 1.39. The first kappa shape index (κ1) is 16.5. The van der Waals surface area contributed by atoms with E-state index in [4.69, 9.17) is 14.2 Å². The van der Waals surface area contributed by atoms with Gasteiger partial charge in [-0.25, -0.2) is 18.4 Å². The highest BCUT2D eigenvalue weighted by Gasteiger charge is 2.45. The van der Waals surface area contributed by atoms with Crippen molar-refractivity contribution in [1.82, 2.24) is 14.8 Å². The number of halogens is 2. The lowest BCUT2D eigenvalue weighted by Crippen LogP contribution is -2.36. The minimum Gasteiger partial charge on any atom is -0.460 e. The fraction of sp³-hybridized carbons (Fsp3) is 0.400. The van der Waals surface area contributed by atoms with Crippen molar-refractivity contribution in [1.29, 1.82) is 0 Å². The molecule has 2 atom stereocenters. The maximum absolute atomic E-state index is 14.3. The van der Waals surface area contributed by atoms with E-state index in [1.54, 1.807) is 0 Å². The Morgan fingerprint density at radius 3 is 3.00 bits per heavy atom. The molecular formula is C15H15F2N3O4.